The summed E-state index contributed by atoms with van der Waals surface area (Å²) >= 11 is 0.450. The molecule has 0 aliphatic heterocycles. The number of rotatable bonds is 5. The first kappa shape index (κ1) is 14.5. The second-order valence-electron chi connectivity index (χ2n) is 3.83. The minimum absolute atomic E-state index is 0.150. The summed E-state index contributed by atoms with van der Waals surface area (Å²) < 4.78 is 29.5. The van der Waals surface area contributed by atoms with E-state index >= 15 is 0 Å². The number of nitrogens with two attached hydrogens (primary N) is 1. The molecule has 0 saturated carbocycles. The van der Waals surface area contributed by atoms with Crippen LogP contribution in [-0.2, 0) is 6.54 Å². The van der Waals surface area contributed by atoms with Gasteiger partial charge in [-0.1, -0.05) is 11.8 Å². The second-order valence-corrected chi connectivity index (χ2v) is 4.89. The van der Waals surface area contributed by atoms with Crippen molar-refractivity contribution < 1.29 is 18.0 Å². The molecule has 0 bridgehead atoms. The molecule has 20 heavy (non-hydrogen) atoms. The summed E-state index contributed by atoms with van der Waals surface area (Å²) in [6, 6.07) is 9.28. The monoisotopic (exact) mass is 298 g/mol. The Balaban J connectivity index is 2.00. The van der Waals surface area contributed by atoms with Crippen LogP contribution in [0.2, 0.25) is 0 Å². The van der Waals surface area contributed by atoms with Gasteiger partial charge in [0.15, 0.2) is 5.76 Å². The lowest BCUT2D eigenvalue weighted by Gasteiger charge is -2.05. The van der Waals surface area contributed by atoms with Gasteiger partial charge in [0.2, 0.25) is 0 Å². The van der Waals surface area contributed by atoms with E-state index in [1.54, 1.807) is 18.2 Å². The van der Waals surface area contributed by atoms with Crippen LogP contribution in [0.1, 0.15) is 16.3 Å². The number of thioether (sulfide) groups is 1. The molecule has 0 unspecified atom stereocenters. The minimum atomic E-state index is -2.46. The van der Waals surface area contributed by atoms with Crippen molar-refractivity contribution in [2.45, 2.75) is 17.2 Å². The molecule has 1 aromatic carbocycles. The fourth-order valence-corrected chi connectivity index (χ4v) is 2.02. The summed E-state index contributed by atoms with van der Waals surface area (Å²) in [4.78, 5) is 12.3. The van der Waals surface area contributed by atoms with Gasteiger partial charge in [-0.25, -0.2) is 0 Å². The summed E-state index contributed by atoms with van der Waals surface area (Å²) in [5.41, 5.74) is 5.88. The van der Waals surface area contributed by atoms with E-state index in [0.717, 1.165) is 0 Å². The van der Waals surface area contributed by atoms with Crippen molar-refractivity contribution in [3.05, 3.63) is 47.9 Å². The van der Waals surface area contributed by atoms with Crippen molar-refractivity contribution in [2.75, 3.05) is 5.32 Å². The molecule has 2 aromatic rings. The third-order valence-corrected chi connectivity index (χ3v) is 3.15. The molecule has 1 aromatic heterocycles. The first-order valence-corrected chi connectivity index (χ1v) is 6.61. The van der Waals surface area contributed by atoms with Crippen LogP contribution in [0.5, 0.6) is 0 Å². The van der Waals surface area contributed by atoms with Gasteiger partial charge in [0.1, 0.15) is 5.76 Å². The first-order chi connectivity index (χ1) is 9.58. The number of nitrogens with one attached hydrogen (secondary N) is 1. The number of alkyl halides is 2. The molecule has 0 spiro atoms. The third kappa shape index (κ3) is 3.82. The van der Waals surface area contributed by atoms with E-state index in [-0.39, 0.29) is 12.3 Å². The molecule has 2 rings (SSSR count). The lowest BCUT2D eigenvalue weighted by atomic mass is 10.3. The van der Waals surface area contributed by atoms with Crippen molar-refractivity contribution in [1.29, 1.82) is 0 Å². The van der Waals surface area contributed by atoms with Crippen LogP contribution in [0.3, 0.4) is 0 Å². The Morgan fingerprint density at radius 3 is 2.50 bits per heavy atom. The zero-order chi connectivity index (χ0) is 14.5. The molecule has 0 radical (unpaired) electrons. The third-order valence-electron chi connectivity index (χ3n) is 2.42. The Hall–Kier alpha value is -1.86. The Morgan fingerprint density at radius 1 is 1.25 bits per heavy atom. The van der Waals surface area contributed by atoms with Gasteiger partial charge in [0.25, 0.3) is 11.7 Å². The number of hydrogen-bond acceptors (Lipinski definition) is 4. The fourth-order valence-electron chi connectivity index (χ4n) is 1.52. The number of carbonyl (C=O) groups is 1. The Bertz CT molecular complexity index is 584. The number of hydrogen-bond donors (Lipinski definition) is 2. The Morgan fingerprint density at radius 2 is 1.95 bits per heavy atom. The number of benzene rings is 1. The van der Waals surface area contributed by atoms with Crippen LogP contribution < -0.4 is 11.1 Å². The highest BCUT2D eigenvalue weighted by molar-refractivity contribution is 7.99. The maximum atomic E-state index is 12.2. The lowest BCUT2D eigenvalue weighted by molar-refractivity contribution is 0.0995. The molecule has 3 N–H and O–H groups in total. The van der Waals surface area contributed by atoms with E-state index in [2.05, 4.69) is 5.32 Å². The standard InChI is InChI=1S/C13H12F2N2O2S/c14-13(15)20-10-4-1-8(2-5-10)17-12(18)11-6-3-9(7-16)19-11/h1-6,13H,7,16H2,(H,17,18). The quantitative estimate of drug-likeness (QED) is 0.831. The largest absolute Gasteiger partial charge is 0.455 e. The van der Waals surface area contributed by atoms with Gasteiger partial charge in [-0.05, 0) is 36.4 Å². The van der Waals surface area contributed by atoms with E-state index in [0.29, 0.717) is 28.1 Å². The Labute approximate surface area is 118 Å². The minimum Gasteiger partial charge on any atom is -0.455 e. The van der Waals surface area contributed by atoms with Crippen LogP contribution in [0.4, 0.5) is 14.5 Å². The van der Waals surface area contributed by atoms with Gasteiger partial charge in [-0.2, -0.15) is 8.78 Å². The molecule has 0 fully saturated rings. The number of halogens is 2. The normalized spacial score (nSPS) is 10.8. The smallest absolute Gasteiger partial charge is 0.291 e. The maximum Gasteiger partial charge on any atom is 0.291 e. The van der Waals surface area contributed by atoms with Gasteiger partial charge in [-0.3, -0.25) is 4.79 Å². The van der Waals surface area contributed by atoms with Crippen molar-refractivity contribution in [1.82, 2.24) is 0 Å². The van der Waals surface area contributed by atoms with Crippen molar-refractivity contribution in [2.24, 2.45) is 5.73 Å². The summed E-state index contributed by atoms with van der Waals surface area (Å²) in [5, 5.41) is 2.61. The molecule has 1 heterocycles. The highest BCUT2D eigenvalue weighted by Crippen LogP contribution is 2.26. The molecule has 0 aliphatic carbocycles. The maximum absolute atomic E-state index is 12.2. The van der Waals surface area contributed by atoms with Crippen LogP contribution in [0.15, 0.2) is 45.7 Å². The van der Waals surface area contributed by atoms with Crippen molar-refractivity contribution >= 4 is 23.4 Å². The van der Waals surface area contributed by atoms with Crippen LogP contribution in [0, 0.1) is 0 Å². The zero-order valence-electron chi connectivity index (χ0n) is 10.3. The highest BCUT2D eigenvalue weighted by Gasteiger charge is 2.11. The van der Waals surface area contributed by atoms with Crippen LogP contribution in [-0.4, -0.2) is 11.7 Å². The predicted octanol–water partition coefficient (Wildman–Crippen LogP) is 3.31. The zero-order valence-corrected chi connectivity index (χ0v) is 11.1. The number of carbonyl (C=O) groups excluding carboxylic acids is 1. The van der Waals surface area contributed by atoms with Crippen molar-refractivity contribution in [3.8, 4) is 0 Å². The summed E-state index contributed by atoms with van der Waals surface area (Å²) in [5.74, 6) is -2.22. The highest BCUT2D eigenvalue weighted by atomic mass is 32.2. The molecule has 0 saturated heterocycles. The van der Waals surface area contributed by atoms with Gasteiger partial charge in [0, 0.05) is 10.6 Å². The summed E-state index contributed by atoms with van der Waals surface area (Å²) in [7, 11) is 0. The fraction of sp³-hybridized carbons (Fsp3) is 0.154. The van der Waals surface area contributed by atoms with Gasteiger partial charge in [-0.15, -0.1) is 0 Å². The average molecular weight is 298 g/mol. The molecule has 106 valence electrons. The number of anilines is 1. The molecule has 1 amide bonds. The Kier molecular flexibility index (Phi) is 4.75. The SMILES string of the molecule is NCc1ccc(C(=O)Nc2ccc(SC(F)F)cc2)o1. The van der Waals surface area contributed by atoms with Crippen molar-refractivity contribution in [3.63, 3.8) is 0 Å². The molecule has 0 aliphatic rings. The molecule has 7 heteroatoms. The van der Waals surface area contributed by atoms with E-state index in [9.17, 15) is 13.6 Å². The van der Waals surface area contributed by atoms with Crippen LogP contribution in [0.25, 0.3) is 0 Å². The van der Waals surface area contributed by atoms with Gasteiger partial charge >= 0.3 is 0 Å². The van der Waals surface area contributed by atoms with E-state index in [1.165, 1.54) is 18.2 Å². The summed E-state index contributed by atoms with van der Waals surface area (Å²) in [6.45, 7) is 0.215. The lowest BCUT2D eigenvalue weighted by Crippen LogP contribution is -2.10. The first-order valence-electron chi connectivity index (χ1n) is 5.73. The van der Waals surface area contributed by atoms with Crippen LogP contribution >= 0.6 is 11.8 Å². The van der Waals surface area contributed by atoms with E-state index in [1.807, 2.05) is 0 Å². The van der Waals surface area contributed by atoms with E-state index in [4.69, 9.17) is 10.2 Å². The topological polar surface area (TPSA) is 68.3 Å². The molecule has 0 atom stereocenters. The molecular weight excluding hydrogens is 286 g/mol. The number of amides is 1. The van der Waals surface area contributed by atoms with Gasteiger partial charge in [0.05, 0.1) is 6.54 Å². The summed E-state index contributed by atoms with van der Waals surface area (Å²) in [6.07, 6.45) is 0. The number of furan rings is 1. The predicted molar refractivity (Wildman–Crippen MR) is 72.9 cm³/mol. The average Bonchev–Trinajstić information content (AvgIpc) is 2.89. The molecular formula is C13H12F2N2O2S. The second kappa shape index (κ2) is 6.53. The van der Waals surface area contributed by atoms with E-state index < -0.39 is 11.7 Å². The van der Waals surface area contributed by atoms with Gasteiger partial charge < -0.3 is 15.5 Å². The molecule has 4 nitrogen and oxygen atoms in total.